The van der Waals surface area contributed by atoms with Gasteiger partial charge in [-0.25, -0.2) is 9.97 Å². The zero-order valence-electron chi connectivity index (χ0n) is 21.6. The number of aliphatic hydroxyl groups is 1. The Bertz CT molecular complexity index is 1400. The number of rotatable bonds is 9. The maximum absolute atomic E-state index is 13.0. The van der Waals surface area contributed by atoms with Crippen molar-refractivity contribution in [3.05, 3.63) is 42.4 Å². The number of aliphatic hydroxyl groups excluding tert-OH is 1. The van der Waals surface area contributed by atoms with Gasteiger partial charge in [0.05, 0.1) is 25.1 Å². The smallest absolute Gasteiger partial charge is 0.256 e. The van der Waals surface area contributed by atoms with Gasteiger partial charge in [0, 0.05) is 81.2 Å². The molecular formula is C26H34N8O3. The molecule has 11 nitrogen and oxygen atoms in total. The van der Waals surface area contributed by atoms with Crippen LogP contribution in [0.1, 0.15) is 24.2 Å². The first kappa shape index (κ1) is 25.1. The van der Waals surface area contributed by atoms with E-state index in [4.69, 9.17) is 9.72 Å². The fourth-order valence-electron chi connectivity index (χ4n) is 4.48. The van der Waals surface area contributed by atoms with Gasteiger partial charge in [-0.05, 0) is 12.1 Å². The van der Waals surface area contributed by atoms with Crippen LogP contribution in [0.25, 0.3) is 27.9 Å². The van der Waals surface area contributed by atoms with E-state index in [1.54, 1.807) is 10.7 Å². The van der Waals surface area contributed by atoms with Crippen LogP contribution in [0, 0.1) is 5.41 Å². The number of fused-ring (bicyclic) bond motifs is 2. The molecule has 4 aromatic heterocycles. The molecule has 0 spiro atoms. The largest absolute Gasteiger partial charge is 0.396 e. The number of carbonyl (C=O) groups excluding carboxylic acids is 1. The third kappa shape index (κ3) is 5.15. The van der Waals surface area contributed by atoms with Crippen LogP contribution in [0.2, 0.25) is 0 Å². The second kappa shape index (κ2) is 10.4. The summed E-state index contributed by atoms with van der Waals surface area (Å²) in [4.78, 5) is 25.0. The van der Waals surface area contributed by atoms with Crippen LogP contribution >= 0.6 is 0 Å². The van der Waals surface area contributed by atoms with Crippen LogP contribution in [0.15, 0.2) is 36.8 Å². The Morgan fingerprint density at radius 2 is 2.03 bits per heavy atom. The molecule has 0 aromatic carbocycles. The van der Waals surface area contributed by atoms with E-state index in [9.17, 15) is 9.90 Å². The van der Waals surface area contributed by atoms with E-state index in [2.05, 4.69) is 42.4 Å². The van der Waals surface area contributed by atoms with Gasteiger partial charge in [-0.15, -0.1) is 0 Å². The molecule has 1 saturated heterocycles. The van der Waals surface area contributed by atoms with Crippen LogP contribution in [0.3, 0.4) is 0 Å². The van der Waals surface area contributed by atoms with Crippen molar-refractivity contribution in [3.63, 3.8) is 0 Å². The van der Waals surface area contributed by atoms with Gasteiger partial charge in [0.2, 0.25) is 0 Å². The topological polar surface area (TPSA) is 122 Å². The number of amides is 1. The van der Waals surface area contributed by atoms with E-state index < -0.39 is 5.41 Å². The number of aromatic nitrogens is 5. The van der Waals surface area contributed by atoms with Crippen LogP contribution in [0.4, 0.5) is 5.82 Å². The fraction of sp³-hybridized carbons (Fsp3) is 0.462. The molecule has 1 aliphatic rings. The highest BCUT2D eigenvalue weighted by Crippen LogP contribution is 2.31. The van der Waals surface area contributed by atoms with Gasteiger partial charge < -0.3 is 25.0 Å². The molecule has 0 radical (unpaired) electrons. The second-order valence-corrected chi connectivity index (χ2v) is 10.1. The van der Waals surface area contributed by atoms with Gasteiger partial charge in [-0.1, -0.05) is 13.8 Å². The first-order valence-corrected chi connectivity index (χ1v) is 12.6. The van der Waals surface area contributed by atoms with Crippen molar-refractivity contribution < 1.29 is 14.6 Å². The van der Waals surface area contributed by atoms with Crippen molar-refractivity contribution in [2.24, 2.45) is 5.41 Å². The number of nitrogens with one attached hydrogen (secondary N) is 2. The van der Waals surface area contributed by atoms with Gasteiger partial charge in [0.1, 0.15) is 17.0 Å². The summed E-state index contributed by atoms with van der Waals surface area (Å²) in [6.45, 7) is 9.21. The SMILES string of the molecule is CNc1cc(-c2cn(CCN3CCOCC3)c3ncccc23)nc2c(C(=O)NCC(C)(C)CO)cnn12. The molecule has 1 amide bonds. The lowest BCUT2D eigenvalue weighted by Crippen LogP contribution is -2.38. The molecule has 0 bridgehead atoms. The second-order valence-electron chi connectivity index (χ2n) is 10.1. The lowest BCUT2D eigenvalue weighted by Gasteiger charge is -2.26. The molecule has 4 aromatic rings. The van der Waals surface area contributed by atoms with E-state index in [-0.39, 0.29) is 12.5 Å². The van der Waals surface area contributed by atoms with Gasteiger partial charge in [-0.3, -0.25) is 9.69 Å². The molecule has 1 aliphatic heterocycles. The normalized spacial score (nSPS) is 14.9. The molecule has 5 rings (SSSR count). The Labute approximate surface area is 215 Å². The summed E-state index contributed by atoms with van der Waals surface area (Å²) in [5.74, 6) is 0.436. The van der Waals surface area contributed by atoms with Crippen molar-refractivity contribution in [2.75, 3.05) is 58.4 Å². The van der Waals surface area contributed by atoms with Crippen LogP contribution < -0.4 is 10.6 Å². The molecule has 37 heavy (non-hydrogen) atoms. The Morgan fingerprint density at radius 3 is 2.78 bits per heavy atom. The number of ether oxygens (including phenoxy) is 1. The summed E-state index contributed by atoms with van der Waals surface area (Å²) in [7, 11) is 1.82. The van der Waals surface area contributed by atoms with Gasteiger partial charge in [0.25, 0.3) is 5.91 Å². The quantitative estimate of drug-likeness (QED) is 0.315. The van der Waals surface area contributed by atoms with E-state index >= 15 is 0 Å². The predicted molar refractivity (Wildman–Crippen MR) is 142 cm³/mol. The average Bonchev–Trinajstić information content (AvgIpc) is 3.52. The van der Waals surface area contributed by atoms with E-state index in [0.717, 1.165) is 61.7 Å². The number of pyridine rings is 1. The first-order chi connectivity index (χ1) is 17.9. The third-order valence-corrected chi connectivity index (χ3v) is 6.80. The number of carbonyl (C=O) groups is 1. The maximum atomic E-state index is 13.0. The molecule has 3 N–H and O–H groups in total. The minimum Gasteiger partial charge on any atom is -0.396 e. The number of morpholine rings is 1. The Hall–Kier alpha value is -3.54. The van der Waals surface area contributed by atoms with E-state index in [1.165, 1.54) is 6.20 Å². The zero-order valence-corrected chi connectivity index (χ0v) is 21.6. The molecule has 1 fully saturated rings. The van der Waals surface area contributed by atoms with Crippen molar-refractivity contribution in [3.8, 4) is 11.3 Å². The monoisotopic (exact) mass is 506 g/mol. The summed E-state index contributed by atoms with van der Waals surface area (Å²) in [5.41, 5.74) is 2.98. The number of hydrogen-bond donors (Lipinski definition) is 3. The summed E-state index contributed by atoms with van der Waals surface area (Å²) >= 11 is 0. The minimum atomic E-state index is -0.427. The van der Waals surface area contributed by atoms with Crippen molar-refractivity contribution in [1.82, 2.24) is 34.4 Å². The summed E-state index contributed by atoms with van der Waals surface area (Å²) in [6.07, 6.45) is 5.43. The van der Waals surface area contributed by atoms with Gasteiger partial charge in [-0.2, -0.15) is 9.61 Å². The summed E-state index contributed by atoms with van der Waals surface area (Å²) in [5, 5.41) is 21.0. The van der Waals surface area contributed by atoms with Crippen molar-refractivity contribution in [2.45, 2.75) is 20.4 Å². The maximum Gasteiger partial charge on any atom is 0.256 e. The lowest BCUT2D eigenvalue weighted by atomic mass is 9.95. The van der Waals surface area contributed by atoms with Crippen molar-refractivity contribution in [1.29, 1.82) is 0 Å². The molecule has 11 heteroatoms. The summed E-state index contributed by atoms with van der Waals surface area (Å²) in [6, 6.07) is 5.91. The summed E-state index contributed by atoms with van der Waals surface area (Å²) < 4.78 is 9.28. The number of hydrogen-bond acceptors (Lipinski definition) is 8. The standard InChI is InChI=1S/C26H34N8O3/c1-26(2,17-35)16-29-25(36)19-14-30-34-22(27-3)13-21(31-24(19)34)20-15-33(23-18(20)5-4-6-28-23)8-7-32-9-11-37-12-10-32/h4-6,13-15,27,35H,7-12,16-17H2,1-3H3,(H,29,36). The highest BCUT2D eigenvalue weighted by Gasteiger charge is 2.22. The molecule has 0 aliphatic carbocycles. The minimum absolute atomic E-state index is 0.0298. The Balaban J connectivity index is 1.51. The number of anilines is 1. The Morgan fingerprint density at radius 1 is 1.22 bits per heavy atom. The Kier molecular flexibility index (Phi) is 7.09. The fourth-order valence-corrected chi connectivity index (χ4v) is 4.48. The van der Waals surface area contributed by atoms with Gasteiger partial charge in [0.15, 0.2) is 5.65 Å². The highest BCUT2D eigenvalue weighted by molar-refractivity contribution is 6.01. The van der Waals surface area contributed by atoms with E-state index in [0.29, 0.717) is 23.6 Å². The molecule has 5 heterocycles. The lowest BCUT2D eigenvalue weighted by molar-refractivity contribution is 0.0365. The van der Waals surface area contributed by atoms with Gasteiger partial charge >= 0.3 is 0 Å². The van der Waals surface area contributed by atoms with Crippen molar-refractivity contribution >= 4 is 28.4 Å². The van der Waals surface area contributed by atoms with E-state index in [1.807, 2.05) is 33.0 Å². The van der Waals surface area contributed by atoms with Crippen LogP contribution in [-0.2, 0) is 11.3 Å². The molecular weight excluding hydrogens is 472 g/mol. The highest BCUT2D eigenvalue weighted by atomic mass is 16.5. The molecule has 0 saturated carbocycles. The van der Waals surface area contributed by atoms with Crippen LogP contribution in [-0.4, -0.2) is 93.1 Å². The zero-order chi connectivity index (χ0) is 26.0. The molecule has 196 valence electrons. The average molecular weight is 507 g/mol. The molecule has 0 atom stereocenters. The van der Waals surface area contributed by atoms with Crippen LogP contribution in [0.5, 0.6) is 0 Å². The molecule has 0 unspecified atom stereocenters. The predicted octanol–water partition coefficient (Wildman–Crippen LogP) is 1.87. The number of nitrogens with zero attached hydrogens (tertiary/aromatic N) is 6. The third-order valence-electron chi connectivity index (χ3n) is 6.80. The first-order valence-electron chi connectivity index (χ1n) is 12.6.